The van der Waals surface area contributed by atoms with Crippen molar-refractivity contribution in [2.45, 2.75) is 31.7 Å². The number of piperidine rings is 1. The molecule has 1 saturated heterocycles. The molecule has 28 heavy (non-hydrogen) atoms. The van der Waals surface area contributed by atoms with E-state index in [2.05, 4.69) is 22.4 Å². The van der Waals surface area contributed by atoms with Crippen LogP contribution in [0.3, 0.4) is 0 Å². The maximum Gasteiger partial charge on any atom is 0.253 e. The molecule has 1 aliphatic rings. The molecule has 0 radical (unpaired) electrons. The maximum atomic E-state index is 12.6. The molecule has 0 bridgehead atoms. The van der Waals surface area contributed by atoms with Crippen molar-refractivity contribution in [3.05, 3.63) is 66.0 Å². The van der Waals surface area contributed by atoms with Crippen molar-refractivity contribution in [3.63, 3.8) is 0 Å². The quantitative estimate of drug-likeness (QED) is 0.769. The number of benzene rings is 1. The first-order chi connectivity index (χ1) is 13.7. The van der Waals surface area contributed by atoms with E-state index in [0.717, 1.165) is 12.8 Å². The molecule has 2 heterocycles. The SMILES string of the molecule is O=C(N[C@@H]1CN(C(=O)CCCc2ccccc2)CC[C@@H]1CO)c1cccnc1. The third kappa shape index (κ3) is 5.39. The van der Waals surface area contributed by atoms with Gasteiger partial charge in [-0.25, -0.2) is 0 Å². The van der Waals surface area contributed by atoms with Gasteiger partial charge in [-0.3, -0.25) is 14.6 Å². The van der Waals surface area contributed by atoms with Crippen molar-refractivity contribution in [2.24, 2.45) is 5.92 Å². The Morgan fingerprint density at radius 3 is 2.71 bits per heavy atom. The highest BCUT2D eigenvalue weighted by molar-refractivity contribution is 5.94. The van der Waals surface area contributed by atoms with Crippen molar-refractivity contribution < 1.29 is 14.7 Å². The van der Waals surface area contributed by atoms with Gasteiger partial charge >= 0.3 is 0 Å². The molecule has 1 fully saturated rings. The van der Waals surface area contributed by atoms with E-state index < -0.39 is 0 Å². The molecule has 2 N–H and O–H groups in total. The molecule has 1 aliphatic heterocycles. The average Bonchev–Trinajstić information content (AvgIpc) is 2.75. The van der Waals surface area contributed by atoms with Crippen LogP contribution in [0.15, 0.2) is 54.9 Å². The van der Waals surface area contributed by atoms with Gasteiger partial charge in [0, 0.05) is 44.4 Å². The van der Waals surface area contributed by atoms with Gasteiger partial charge in [-0.15, -0.1) is 0 Å². The normalized spacial score (nSPS) is 19.2. The fraction of sp³-hybridized carbons (Fsp3) is 0.409. The van der Waals surface area contributed by atoms with Gasteiger partial charge in [0.15, 0.2) is 0 Å². The Balaban J connectivity index is 1.53. The van der Waals surface area contributed by atoms with Crippen LogP contribution in [0.2, 0.25) is 0 Å². The number of nitrogens with zero attached hydrogens (tertiary/aromatic N) is 2. The van der Waals surface area contributed by atoms with Gasteiger partial charge in [-0.1, -0.05) is 30.3 Å². The fourth-order valence-corrected chi connectivity index (χ4v) is 3.60. The maximum absolute atomic E-state index is 12.6. The second kappa shape index (κ2) is 9.99. The van der Waals surface area contributed by atoms with Crippen LogP contribution in [-0.2, 0) is 11.2 Å². The molecule has 0 unspecified atom stereocenters. The van der Waals surface area contributed by atoms with E-state index in [-0.39, 0.29) is 30.4 Å². The smallest absolute Gasteiger partial charge is 0.253 e. The number of carbonyl (C=O) groups excluding carboxylic acids is 2. The predicted molar refractivity (Wildman–Crippen MR) is 107 cm³/mol. The van der Waals surface area contributed by atoms with Gasteiger partial charge in [0.1, 0.15) is 0 Å². The lowest BCUT2D eigenvalue weighted by Gasteiger charge is -2.38. The number of hydrogen-bond acceptors (Lipinski definition) is 4. The number of carbonyl (C=O) groups is 2. The van der Waals surface area contributed by atoms with E-state index >= 15 is 0 Å². The zero-order valence-corrected chi connectivity index (χ0v) is 16.0. The molecular formula is C22H27N3O3. The molecule has 2 atom stereocenters. The Kier molecular flexibility index (Phi) is 7.14. The van der Waals surface area contributed by atoms with Crippen molar-refractivity contribution >= 4 is 11.8 Å². The molecule has 2 aromatic rings. The van der Waals surface area contributed by atoms with Crippen molar-refractivity contribution in [1.29, 1.82) is 0 Å². The summed E-state index contributed by atoms with van der Waals surface area (Å²) in [5.74, 6) is -0.170. The molecule has 3 rings (SSSR count). The first-order valence-corrected chi connectivity index (χ1v) is 9.81. The minimum Gasteiger partial charge on any atom is -0.396 e. The Hall–Kier alpha value is -2.73. The lowest BCUT2D eigenvalue weighted by atomic mass is 9.91. The second-order valence-corrected chi connectivity index (χ2v) is 7.23. The summed E-state index contributed by atoms with van der Waals surface area (Å²) in [5.41, 5.74) is 1.71. The topological polar surface area (TPSA) is 82.5 Å². The minimum absolute atomic E-state index is 0.00593. The van der Waals surface area contributed by atoms with Crippen LogP contribution in [0, 0.1) is 5.92 Å². The number of hydrogen-bond donors (Lipinski definition) is 2. The number of nitrogens with one attached hydrogen (secondary N) is 1. The number of amides is 2. The van der Waals surface area contributed by atoms with Gasteiger partial charge < -0.3 is 15.3 Å². The highest BCUT2D eigenvalue weighted by Gasteiger charge is 2.32. The highest BCUT2D eigenvalue weighted by Crippen LogP contribution is 2.19. The van der Waals surface area contributed by atoms with E-state index in [1.165, 1.54) is 11.8 Å². The van der Waals surface area contributed by atoms with Gasteiger partial charge in [-0.2, -0.15) is 0 Å². The number of rotatable bonds is 7. The Labute approximate surface area is 165 Å². The van der Waals surface area contributed by atoms with E-state index in [1.54, 1.807) is 18.3 Å². The highest BCUT2D eigenvalue weighted by atomic mass is 16.3. The standard InChI is InChI=1S/C22H27N3O3/c26-16-19-11-13-25(21(27)10-4-8-17-6-2-1-3-7-17)15-20(19)24-22(28)18-9-5-12-23-14-18/h1-3,5-7,9,12,14,19-20,26H,4,8,10-11,13,15-16H2,(H,24,28)/t19-,20-/m1/s1. The zero-order chi connectivity index (χ0) is 19.8. The number of aromatic nitrogens is 1. The molecule has 6 heteroatoms. The summed E-state index contributed by atoms with van der Waals surface area (Å²) in [5, 5.41) is 12.6. The van der Waals surface area contributed by atoms with Crippen LogP contribution in [0.4, 0.5) is 0 Å². The van der Waals surface area contributed by atoms with Crippen molar-refractivity contribution in [1.82, 2.24) is 15.2 Å². The number of aliphatic hydroxyl groups is 1. The third-order valence-electron chi connectivity index (χ3n) is 5.28. The Morgan fingerprint density at radius 1 is 1.18 bits per heavy atom. The van der Waals surface area contributed by atoms with Crippen LogP contribution in [0.1, 0.15) is 35.2 Å². The van der Waals surface area contributed by atoms with Gasteiger partial charge in [-0.05, 0) is 37.0 Å². The van der Waals surface area contributed by atoms with Crippen LogP contribution >= 0.6 is 0 Å². The summed E-state index contributed by atoms with van der Waals surface area (Å²) in [6, 6.07) is 13.3. The lowest BCUT2D eigenvalue weighted by Crippen LogP contribution is -2.55. The summed E-state index contributed by atoms with van der Waals surface area (Å²) in [4.78, 5) is 30.8. The molecule has 0 saturated carbocycles. The first kappa shape index (κ1) is 20.0. The summed E-state index contributed by atoms with van der Waals surface area (Å²) in [7, 11) is 0. The van der Waals surface area contributed by atoms with Crippen LogP contribution in [0.5, 0.6) is 0 Å². The van der Waals surface area contributed by atoms with Gasteiger partial charge in [0.05, 0.1) is 11.6 Å². The second-order valence-electron chi connectivity index (χ2n) is 7.23. The average molecular weight is 381 g/mol. The summed E-state index contributed by atoms with van der Waals surface area (Å²) >= 11 is 0. The molecule has 0 aliphatic carbocycles. The lowest BCUT2D eigenvalue weighted by molar-refractivity contribution is -0.133. The predicted octanol–water partition coefficient (Wildman–Crippen LogP) is 2.04. The van der Waals surface area contributed by atoms with Crippen molar-refractivity contribution in [3.8, 4) is 0 Å². The third-order valence-corrected chi connectivity index (χ3v) is 5.28. The van der Waals surface area contributed by atoms with Crippen molar-refractivity contribution in [2.75, 3.05) is 19.7 Å². The molecule has 2 amide bonds. The summed E-state index contributed by atoms with van der Waals surface area (Å²) in [6.07, 6.45) is 5.97. The number of aryl methyl sites for hydroxylation is 1. The van der Waals surface area contributed by atoms with Gasteiger partial charge in [0.25, 0.3) is 5.91 Å². The molecule has 1 aromatic carbocycles. The molecule has 6 nitrogen and oxygen atoms in total. The van der Waals surface area contributed by atoms with E-state index in [1.807, 2.05) is 23.1 Å². The van der Waals surface area contributed by atoms with E-state index in [9.17, 15) is 14.7 Å². The van der Waals surface area contributed by atoms with Crippen LogP contribution in [-0.4, -0.2) is 52.5 Å². The zero-order valence-electron chi connectivity index (χ0n) is 16.0. The summed E-state index contributed by atoms with van der Waals surface area (Å²) < 4.78 is 0. The van der Waals surface area contributed by atoms with E-state index in [0.29, 0.717) is 31.5 Å². The van der Waals surface area contributed by atoms with Crippen LogP contribution in [0.25, 0.3) is 0 Å². The first-order valence-electron chi connectivity index (χ1n) is 9.81. The Morgan fingerprint density at radius 2 is 2.00 bits per heavy atom. The number of pyridine rings is 1. The largest absolute Gasteiger partial charge is 0.396 e. The minimum atomic E-state index is -0.260. The summed E-state index contributed by atoms with van der Waals surface area (Å²) in [6.45, 7) is 1.05. The number of aliphatic hydroxyl groups excluding tert-OH is 1. The van der Waals surface area contributed by atoms with Gasteiger partial charge in [0.2, 0.25) is 5.91 Å². The Bertz CT molecular complexity index is 767. The number of likely N-dealkylation sites (tertiary alicyclic amines) is 1. The molecule has 0 spiro atoms. The van der Waals surface area contributed by atoms with Crippen LogP contribution < -0.4 is 5.32 Å². The molecule has 148 valence electrons. The monoisotopic (exact) mass is 381 g/mol. The fourth-order valence-electron chi connectivity index (χ4n) is 3.60. The molecular weight excluding hydrogens is 354 g/mol. The molecule has 1 aromatic heterocycles. The van der Waals surface area contributed by atoms with E-state index in [4.69, 9.17) is 0 Å².